The van der Waals surface area contributed by atoms with Crippen LogP contribution in [0.1, 0.15) is 31.7 Å². The highest BCUT2D eigenvalue weighted by Gasteiger charge is 2.34. The van der Waals surface area contributed by atoms with E-state index in [0.29, 0.717) is 25.9 Å². The fourth-order valence-corrected chi connectivity index (χ4v) is 4.85. The highest BCUT2D eigenvalue weighted by atomic mass is 32.2. The smallest absolute Gasteiger partial charge is 0.230 e. The van der Waals surface area contributed by atoms with E-state index in [4.69, 9.17) is 4.74 Å². The van der Waals surface area contributed by atoms with Gasteiger partial charge in [0.25, 0.3) is 0 Å². The van der Waals surface area contributed by atoms with Crippen LogP contribution in [0.2, 0.25) is 0 Å². The minimum atomic E-state index is -3.16. The third-order valence-electron chi connectivity index (χ3n) is 5.23. The second-order valence-corrected chi connectivity index (χ2v) is 8.92. The van der Waals surface area contributed by atoms with Crippen LogP contribution in [0.5, 0.6) is 5.75 Å². The lowest BCUT2D eigenvalue weighted by Crippen LogP contribution is -2.46. The minimum Gasteiger partial charge on any atom is -0.497 e. The molecule has 1 aromatic rings. The van der Waals surface area contributed by atoms with Gasteiger partial charge in [0.2, 0.25) is 15.9 Å². The number of amides is 1. The van der Waals surface area contributed by atoms with Gasteiger partial charge in [-0.25, -0.2) is 12.7 Å². The standard InChI is InChI=1S/C18H26N2O4S/c1-3-25(22,23)19-11-8-14(9-12-19)18(21)20-10-4-5-15-13-16(24-2)6-7-17(15)20/h6-7,13-14H,3-5,8-12H2,1-2H3. The molecule has 0 aliphatic carbocycles. The van der Waals surface area contributed by atoms with Crippen molar-refractivity contribution in [1.29, 1.82) is 0 Å². The van der Waals surface area contributed by atoms with Crippen LogP contribution in [0.3, 0.4) is 0 Å². The van der Waals surface area contributed by atoms with Crippen LogP contribution < -0.4 is 9.64 Å². The Hall–Kier alpha value is -1.60. The highest BCUT2D eigenvalue weighted by Crippen LogP contribution is 2.33. The Morgan fingerprint density at radius 1 is 1.24 bits per heavy atom. The van der Waals surface area contributed by atoms with E-state index in [1.807, 2.05) is 23.1 Å². The second kappa shape index (κ2) is 7.33. The van der Waals surface area contributed by atoms with E-state index in [1.54, 1.807) is 14.0 Å². The largest absolute Gasteiger partial charge is 0.497 e. The summed E-state index contributed by atoms with van der Waals surface area (Å²) in [4.78, 5) is 14.9. The van der Waals surface area contributed by atoms with Gasteiger partial charge in [0.05, 0.1) is 12.9 Å². The zero-order valence-electron chi connectivity index (χ0n) is 14.9. The normalized spacial score (nSPS) is 19.5. The molecule has 1 aromatic carbocycles. The molecule has 1 amide bonds. The summed E-state index contributed by atoms with van der Waals surface area (Å²) in [5.41, 5.74) is 2.12. The van der Waals surface area contributed by atoms with Crippen LogP contribution in [0.25, 0.3) is 0 Å². The quantitative estimate of drug-likeness (QED) is 0.818. The summed E-state index contributed by atoms with van der Waals surface area (Å²) in [6.45, 7) is 3.27. The number of ether oxygens (including phenoxy) is 1. The first-order valence-corrected chi connectivity index (χ1v) is 10.5. The predicted molar refractivity (Wildman–Crippen MR) is 97.4 cm³/mol. The maximum Gasteiger partial charge on any atom is 0.230 e. The second-order valence-electron chi connectivity index (χ2n) is 6.66. The lowest BCUT2D eigenvalue weighted by Gasteiger charge is -2.36. The van der Waals surface area contributed by atoms with Crippen LogP contribution in [0.15, 0.2) is 18.2 Å². The van der Waals surface area contributed by atoms with Gasteiger partial charge in [-0.05, 0) is 56.4 Å². The Balaban J connectivity index is 1.71. The van der Waals surface area contributed by atoms with Crippen LogP contribution in [0, 0.1) is 5.92 Å². The average molecular weight is 366 g/mol. The van der Waals surface area contributed by atoms with Gasteiger partial charge < -0.3 is 9.64 Å². The van der Waals surface area contributed by atoms with E-state index in [1.165, 1.54) is 4.31 Å². The van der Waals surface area contributed by atoms with Crippen molar-refractivity contribution in [3.05, 3.63) is 23.8 Å². The molecule has 3 rings (SSSR count). The van der Waals surface area contributed by atoms with Crippen LogP contribution in [-0.2, 0) is 21.2 Å². The van der Waals surface area contributed by atoms with Crippen LogP contribution in [0.4, 0.5) is 5.69 Å². The van der Waals surface area contributed by atoms with Crippen molar-refractivity contribution in [3.63, 3.8) is 0 Å². The summed E-state index contributed by atoms with van der Waals surface area (Å²) in [6, 6.07) is 5.86. The number of rotatable bonds is 4. The monoisotopic (exact) mass is 366 g/mol. The third-order valence-corrected chi connectivity index (χ3v) is 7.11. The first-order chi connectivity index (χ1) is 12.0. The van der Waals surface area contributed by atoms with Gasteiger partial charge in [0.1, 0.15) is 5.75 Å². The van der Waals surface area contributed by atoms with Crippen LogP contribution in [-0.4, -0.2) is 51.1 Å². The Labute approximate surface area is 149 Å². The number of hydrogen-bond acceptors (Lipinski definition) is 4. The molecule has 6 nitrogen and oxygen atoms in total. The number of methoxy groups -OCH3 is 1. The summed E-state index contributed by atoms with van der Waals surface area (Å²) in [6.07, 6.45) is 3.08. The van der Waals surface area contributed by atoms with Crippen molar-refractivity contribution < 1.29 is 17.9 Å². The molecule has 2 aliphatic rings. The summed E-state index contributed by atoms with van der Waals surface area (Å²) < 4.78 is 30.8. The maximum absolute atomic E-state index is 13.0. The molecular formula is C18H26N2O4S. The number of hydrogen-bond donors (Lipinski definition) is 0. The molecule has 25 heavy (non-hydrogen) atoms. The SMILES string of the molecule is CCS(=O)(=O)N1CCC(C(=O)N2CCCc3cc(OC)ccc32)CC1. The number of fused-ring (bicyclic) bond motifs is 1. The Morgan fingerprint density at radius 2 is 1.96 bits per heavy atom. The van der Waals surface area contributed by atoms with Crippen molar-refractivity contribution in [2.45, 2.75) is 32.6 Å². The van der Waals surface area contributed by atoms with E-state index in [2.05, 4.69) is 0 Å². The van der Waals surface area contributed by atoms with E-state index in [-0.39, 0.29) is 17.6 Å². The van der Waals surface area contributed by atoms with Gasteiger partial charge >= 0.3 is 0 Å². The van der Waals surface area contributed by atoms with Gasteiger partial charge in [-0.2, -0.15) is 0 Å². The molecule has 0 unspecified atom stereocenters. The number of anilines is 1. The zero-order valence-corrected chi connectivity index (χ0v) is 15.7. The summed E-state index contributed by atoms with van der Waals surface area (Å²) in [7, 11) is -1.51. The van der Waals surface area contributed by atoms with Gasteiger partial charge in [-0.3, -0.25) is 4.79 Å². The Morgan fingerprint density at radius 3 is 2.60 bits per heavy atom. The minimum absolute atomic E-state index is 0.101. The number of carbonyl (C=O) groups is 1. The van der Waals surface area contributed by atoms with E-state index in [0.717, 1.165) is 36.4 Å². The molecular weight excluding hydrogens is 340 g/mol. The highest BCUT2D eigenvalue weighted by molar-refractivity contribution is 7.89. The molecule has 0 N–H and O–H groups in total. The van der Waals surface area contributed by atoms with Crippen molar-refractivity contribution in [2.75, 3.05) is 37.4 Å². The molecule has 0 radical (unpaired) electrons. The van der Waals surface area contributed by atoms with Gasteiger partial charge in [-0.15, -0.1) is 0 Å². The molecule has 2 aliphatic heterocycles. The summed E-state index contributed by atoms with van der Waals surface area (Å²) in [5.74, 6) is 0.953. The third kappa shape index (κ3) is 3.67. The van der Waals surface area contributed by atoms with Crippen LogP contribution >= 0.6 is 0 Å². The van der Waals surface area contributed by atoms with Crippen molar-refractivity contribution in [2.24, 2.45) is 5.92 Å². The molecule has 0 spiro atoms. The number of piperidine rings is 1. The van der Waals surface area contributed by atoms with Gasteiger partial charge in [-0.1, -0.05) is 0 Å². The predicted octanol–water partition coefficient (Wildman–Crippen LogP) is 2.04. The molecule has 138 valence electrons. The Bertz CT molecular complexity index is 739. The van der Waals surface area contributed by atoms with Gasteiger partial charge in [0, 0.05) is 31.2 Å². The van der Waals surface area contributed by atoms with E-state index < -0.39 is 10.0 Å². The maximum atomic E-state index is 13.0. The van der Waals surface area contributed by atoms with Gasteiger partial charge in [0.15, 0.2) is 0 Å². The molecule has 1 saturated heterocycles. The molecule has 7 heteroatoms. The van der Waals surface area contributed by atoms with E-state index in [9.17, 15) is 13.2 Å². The number of sulfonamides is 1. The number of carbonyl (C=O) groups excluding carboxylic acids is 1. The summed E-state index contributed by atoms with van der Waals surface area (Å²) in [5, 5.41) is 0. The molecule has 2 heterocycles. The molecule has 0 saturated carbocycles. The summed E-state index contributed by atoms with van der Waals surface area (Å²) >= 11 is 0. The zero-order chi connectivity index (χ0) is 18.0. The average Bonchev–Trinajstić information content (AvgIpc) is 2.66. The van der Waals surface area contributed by atoms with Crippen molar-refractivity contribution >= 4 is 21.6 Å². The first-order valence-electron chi connectivity index (χ1n) is 8.92. The van der Waals surface area contributed by atoms with E-state index >= 15 is 0 Å². The number of nitrogens with zero attached hydrogens (tertiary/aromatic N) is 2. The molecule has 0 aromatic heterocycles. The van der Waals surface area contributed by atoms with Crippen molar-refractivity contribution in [1.82, 2.24) is 4.31 Å². The fraction of sp³-hybridized carbons (Fsp3) is 0.611. The lowest BCUT2D eigenvalue weighted by molar-refractivity contribution is -0.123. The number of benzene rings is 1. The Kier molecular flexibility index (Phi) is 5.34. The fourth-order valence-electron chi connectivity index (χ4n) is 3.71. The first kappa shape index (κ1) is 18.2. The number of aryl methyl sites for hydroxylation is 1. The molecule has 1 fully saturated rings. The molecule has 0 atom stereocenters. The lowest BCUT2D eigenvalue weighted by atomic mass is 9.94. The topological polar surface area (TPSA) is 66.9 Å². The molecule has 0 bridgehead atoms. The van der Waals surface area contributed by atoms with Crippen molar-refractivity contribution in [3.8, 4) is 5.75 Å².